The van der Waals surface area contributed by atoms with Gasteiger partial charge in [-0.3, -0.25) is 0 Å². The van der Waals surface area contributed by atoms with Gasteiger partial charge in [0.1, 0.15) is 18.3 Å². The molecule has 0 amide bonds. The van der Waals surface area contributed by atoms with E-state index in [-0.39, 0.29) is 5.75 Å². The first-order valence-corrected chi connectivity index (χ1v) is 12.0. The highest BCUT2D eigenvalue weighted by Crippen LogP contribution is 2.24. The Morgan fingerprint density at radius 1 is 0.815 bits per heavy atom. The Balaban J connectivity index is 2.04. The molecule has 1 aliphatic rings. The highest BCUT2D eigenvalue weighted by molar-refractivity contribution is 7.86. The van der Waals surface area contributed by atoms with E-state index in [1.807, 2.05) is 0 Å². The van der Waals surface area contributed by atoms with E-state index in [9.17, 15) is 18.6 Å². The van der Waals surface area contributed by atoms with E-state index in [1.165, 1.54) is 51.4 Å². The molecule has 8 heteroatoms. The first kappa shape index (κ1) is 24.8. The standard InChI is InChI=1S/C19H38O7S/c1-2-3-4-5-6-7-8-9-10-11-12-13-14-27(23,24)26-19-18(22)17(21)16(15-20)25-19/h16-22H,2-15H2,1H3/t16-,17-,18+,19+/m1/s1. The molecule has 1 rings (SSSR count). The van der Waals surface area contributed by atoms with Crippen LogP contribution in [0.1, 0.15) is 84.0 Å². The largest absolute Gasteiger partial charge is 0.394 e. The summed E-state index contributed by atoms with van der Waals surface area (Å²) >= 11 is 0. The molecule has 0 radical (unpaired) electrons. The molecule has 27 heavy (non-hydrogen) atoms. The molecule has 3 N–H and O–H groups in total. The molecule has 0 aliphatic carbocycles. The quantitative estimate of drug-likeness (QED) is 0.265. The second-order valence-corrected chi connectivity index (χ2v) is 9.17. The number of hydrogen-bond donors (Lipinski definition) is 3. The summed E-state index contributed by atoms with van der Waals surface area (Å²) in [5, 5.41) is 28.3. The Morgan fingerprint density at radius 2 is 1.30 bits per heavy atom. The van der Waals surface area contributed by atoms with Crippen LogP contribution in [0, 0.1) is 0 Å². The maximum absolute atomic E-state index is 12.0. The van der Waals surface area contributed by atoms with Crippen LogP contribution in [-0.4, -0.2) is 60.7 Å². The Bertz CT molecular complexity index is 469. The SMILES string of the molecule is CCCCCCCCCCCCCCS(=O)(=O)O[C@@H]1O[C@H](CO)[C@@H](O)[C@@H]1O. The van der Waals surface area contributed by atoms with Crippen LogP contribution in [0.4, 0.5) is 0 Å². The van der Waals surface area contributed by atoms with Crippen molar-refractivity contribution in [3.05, 3.63) is 0 Å². The molecule has 1 fully saturated rings. The maximum Gasteiger partial charge on any atom is 0.269 e. The number of unbranched alkanes of at least 4 members (excludes halogenated alkanes) is 11. The molecule has 1 heterocycles. The lowest BCUT2D eigenvalue weighted by molar-refractivity contribution is -0.113. The molecule has 0 aromatic heterocycles. The second-order valence-electron chi connectivity index (χ2n) is 7.45. The fraction of sp³-hybridized carbons (Fsp3) is 1.00. The normalized spacial score (nSPS) is 25.9. The predicted molar refractivity (Wildman–Crippen MR) is 104 cm³/mol. The third-order valence-corrected chi connectivity index (χ3v) is 6.26. The average molecular weight is 411 g/mol. The van der Waals surface area contributed by atoms with Crippen molar-refractivity contribution in [2.75, 3.05) is 12.4 Å². The van der Waals surface area contributed by atoms with Gasteiger partial charge in [-0.2, -0.15) is 8.42 Å². The van der Waals surface area contributed by atoms with Gasteiger partial charge in [-0.1, -0.05) is 77.6 Å². The van der Waals surface area contributed by atoms with Crippen molar-refractivity contribution in [2.24, 2.45) is 0 Å². The lowest BCUT2D eigenvalue weighted by Gasteiger charge is -2.15. The summed E-state index contributed by atoms with van der Waals surface area (Å²) in [7, 11) is -3.84. The Hall–Kier alpha value is -0.250. The highest BCUT2D eigenvalue weighted by Gasteiger charge is 2.45. The van der Waals surface area contributed by atoms with E-state index in [1.54, 1.807) is 0 Å². The number of aliphatic hydroxyl groups is 3. The lowest BCUT2D eigenvalue weighted by atomic mass is 10.1. The van der Waals surface area contributed by atoms with Gasteiger partial charge in [-0.25, -0.2) is 4.18 Å². The van der Waals surface area contributed by atoms with E-state index in [0.29, 0.717) is 6.42 Å². The highest BCUT2D eigenvalue weighted by atomic mass is 32.2. The number of rotatable bonds is 16. The van der Waals surface area contributed by atoms with Crippen molar-refractivity contribution < 1.29 is 32.7 Å². The minimum Gasteiger partial charge on any atom is -0.394 e. The minimum atomic E-state index is -3.84. The van der Waals surface area contributed by atoms with Gasteiger partial charge in [0.2, 0.25) is 6.29 Å². The molecule has 4 atom stereocenters. The molecule has 1 aliphatic heterocycles. The molecule has 162 valence electrons. The van der Waals surface area contributed by atoms with Gasteiger partial charge in [0, 0.05) is 0 Å². The van der Waals surface area contributed by atoms with E-state index in [4.69, 9.17) is 14.0 Å². The van der Waals surface area contributed by atoms with Crippen molar-refractivity contribution in [1.29, 1.82) is 0 Å². The lowest BCUT2D eigenvalue weighted by Crippen LogP contribution is -2.35. The zero-order chi connectivity index (χ0) is 20.1. The molecule has 1 saturated heterocycles. The third-order valence-electron chi connectivity index (χ3n) is 4.99. The molecule has 0 spiro atoms. The smallest absolute Gasteiger partial charge is 0.269 e. The van der Waals surface area contributed by atoms with Gasteiger partial charge in [0.25, 0.3) is 10.1 Å². The zero-order valence-electron chi connectivity index (χ0n) is 16.6. The van der Waals surface area contributed by atoms with Gasteiger partial charge >= 0.3 is 0 Å². The Kier molecular flexibility index (Phi) is 12.7. The Morgan fingerprint density at radius 3 is 1.74 bits per heavy atom. The maximum atomic E-state index is 12.0. The van der Waals surface area contributed by atoms with Crippen LogP contribution in [0.3, 0.4) is 0 Å². The van der Waals surface area contributed by atoms with E-state index < -0.39 is 41.3 Å². The summed E-state index contributed by atoms with van der Waals surface area (Å²) in [5.74, 6) is -0.142. The zero-order valence-corrected chi connectivity index (χ0v) is 17.4. The minimum absolute atomic E-state index is 0.142. The third kappa shape index (κ3) is 10.2. The predicted octanol–water partition coefficient (Wildman–Crippen LogP) is 2.47. The van der Waals surface area contributed by atoms with Crippen LogP contribution in [0.25, 0.3) is 0 Å². The molecule has 0 saturated carbocycles. The monoisotopic (exact) mass is 410 g/mol. The van der Waals surface area contributed by atoms with E-state index in [2.05, 4.69) is 6.92 Å². The van der Waals surface area contributed by atoms with Crippen molar-refractivity contribution in [3.8, 4) is 0 Å². The van der Waals surface area contributed by atoms with Gasteiger partial charge in [-0.15, -0.1) is 0 Å². The second kappa shape index (κ2) is 13.8. The van der Waals surface area contributed by atoms with Gasteiger partial charge in [-0.05, 0) is 6.42 Å². The van der Waals surface area contributed by atoms with Crippen LogP contribution >= 0.6 is 0 Å². The van der Waals surface area contributed by atoms with Crippen molar-refractivity contribution in [1.82, 2.24) is 0 Å². The summed E-state index contributed by atoms with van der Waals surface area (Å²) in [5.41, 5.74) is 0. The molecule has 0 unspecified atom stereocenters. The summed E-state index contributed by atoms with van der Waals surface area (Å²) < 4.78 is 33.8. The average Bonchev–Trinajstić information content (AvgIpc) is 2.90. The molecular formula is C19H38O7S. The molecule has 0 aromatic carbocycles. The van der Waals surface area contributed by atoms with Crippen LogP contribution in [-0.2, 0) is 19.0 Å². The van der Waals surface area contributed by atoms with E-state index >= 15 is 0 Å². The summed E-state index contributed by atoms with van der Waals surface area (Å²) in [4.78, 5) is 0. The fourth-order valence-corrected chi connectivity index (χ4v) is 4.36. The summed E-state index contributed by atoms with van der Waals surface area (Å²) in [6.45, 7) is 1.71. The fourth-order valence-electron chi connectivity index (χ4n) is 3.26. The molecule has 0 bridgehead atoms. The molecule has 0 aromatic rings. The first-order chi connectivity index (χ1) is 12.9. The van der Waals surface area contributed by atoms with Crippen LogP contribution in [0.15, 0.2) is 0 Å². The summed E-state index contributed by atoms with van der Waals surface area (Å²) in [6.07, 6.45) is 8.42. The van der Waals surface area contributed by atoms with Crippen molar-refractivity contribution in [3.63, 3.8) is 0 Å². The summed E-state index contributed by atoms with van der Waals surface area (Å²) in [6, 6.07) is 0. The number of hydrogen-bond acceptors (Lipinski definition) is 7. The van der Waals surface area contributed by atoms with Crippen molar-refractivity contribution >= 4 is 10.1 Å². The molecular weight excluding hydrogens is 372 g/mol. The van der Waals surface area contributed by atoms with Crippen LogP contribution in [0.5, 0.6) is 0 Å². The Labute approximate surface area is 164 Å². The van der Waals surface area contributed by atoms with Gasteiger partial charge in [0.05, 0.1) is 12.4 Å². The first-order valence-electron chi connectivity index (χ1n) is 10.4. The van der Waals surface area contributed by atoms with E-state index in [0.717, 1.165) is 19.3 Å². The van der Waals surface area contributed by atoms with Gasteiger partial charge in [0.15, 0.2) is 0 Å². The van der Waals surface area contributed by atoms with Crippen molar-refractivity contribution in [2.45, 2.75) is 109 Å². The van der Waals surface area contributed by atoms with Crippen LogP contribution < -0.4 is 0 Å². The van der Waals surface area contributed by atoms with Crippen LogP contribution in [0.2, 0.25) is 0 Å². The number of aliphatic hydroxyl groups excluding tert-OH is 3. The van der Waals surface area contributed by atoms with Gasteiger partial charge < -0.3 is 20.1 Å². The molecule has 7 nitrogen and oxygen atoms in total. The number of ether oxygens (including phenoxy) is 1. The topological polar surface area (TPSA) is 113 Å².